The molecule has 10 rings (SSSR count). The third kappa shape index (κ3) is 5.06. The van der Waals surface area contributed by atoms with E-state index in [0.717, 1.165) is 61.1 Å². The lowest BCUT2D eigenvalue weighted by atomic mass is 9.94. The number of para-hydroxylation sites is 1. The molecule has 0 amide bonds. The fourth-order valence-corrected chi connectivity index (χ4v) is 7.36. The van der Waals surface area contributed by atoms with Crippen molar-refractivity contribution in [2.45, 2.75) is 0 Å². The van der Waals surface area contributed by atoms with Gasteiger partial charge in [0.2, 0.25) is 0 Å². The van der Waals surface area contributed by atoms with E-state index in [1.807, 2.05) is 36.4 Å². The van der Waals surface area contributed by atoms with Crippen LogP contribution in [-0.4, -0.2) is 9.97 Å². The number of benzene rings is 8. The van der Waals surface area contributed by atoms with Crippen molar-refractivity contribution in [2.75, 3.05) is 0 Å². The quantitative estimate of drug-likeness (QED) is 0.174. The van der Waals surface area contributed by atoms with E-state index >= 15 is 0 Å². The molecule has 3 heteroatoms. The molecule has 0 saturated heterocycles. The predicted molar refractivity (Wildman–Crippen MR) is 212 cm³/mol. The van der Waals surface area contributed by atoms with Crippen LogP contribution in [0.4, 0.5) is 0 Å². The Bertz CT molecular complexity index is 2890. The molecule has 238 valence electrons. The zero-order valence-electron chi connectivity index (χ0n) is 27.6. The molecule has 0 atom stereocenters. The molecule has 10 aromatic rings. The molecule has 0 aliphatic carbocycles. The monoisotopic (exact) mass is 650 g/mol. The summed E-state index contributed by atoms with van der Waals surface area (Å²) in [7, 11) is 0. The van der Waals surface area contributed by atoms with Crippen LogP contribution in [0.25, 0.3) is 99.6 Å². The Balaban J connectivity index is 1.17. The summed E-state index contributed by atoms with van der Waals surface area (Å²) in [6.07, 6.45) is 0. The predicted octanol–water partition coefficient (Wildman–Crippen LogP) is 13.0. The molecule has 0 unspecified atom stereocenters. The van der Waals surface area contributed by atoms with Gasteiger partial charge in [0.25, 0.3) is 0 Å². The molecule has 0 aliphatic rings. The van der Waals surface area contributed by atoms with E-state index in [9.17, 15) is 0 Å². The lowest BCUT2D eigenvalue weighted by molar-refractivity contribution is 0.670. The molecule has 2 aromatic heterocycles. The Morgan fingerprint density at radius 3 is 1.69 bits per heavy atom. The Morgan fingerprint density at radius 1 is 0.353 bits per heavy atom. The molecule has 8 aromatic carbocycles. The topological polar surface area (TPSA) is 38.9 Å². The number of hydrogen-bond donors (Lipinski definition) is 0. The first kappa shape index (κ1) is 29.1. The van der Waals surface area contributed by atoms with Crippen LogP contribution < -0.4 is 0 Å². The number of furan rings is 1. The average Bonchev–Trinajstić information content (AvgIpc) is 3.61. The third-order valence-electron chi connectivity index (χ3n) is 9.91. The van der Waals surface area contributed by atoms with Crippen molar-refractivity contribution >= 4 is 43.5 Å². The summed E-state index contributed by atoms with van der Waals surface area (Å²) >= 11 is 0. The van der Waals surface area contributed by atoms with E-state index in [1.54, 1.807) is 0 Å². The van der Waals surface area contributed by atoms with Crippen molar-refractivity contribution in [2.24, 2.45) is 0 Å². The summed E-state index contributed by atoms with van der Waals surface area (Å²) in [5.74, 6) is 0.659. The number of rotatable bonds is 5. The normalized spacial score (nSPS) is 11.5. The first-order chi connectivity index (χ1) is 25.3. The highest BCUT2D eigenvalue weighted by Gasteiger charge is 2.20. The molecule has 0 fully saturated rings. The molecule has 0 saturated carbocycles. The van der Waals surface area contributed by atoms with Gasteiger partial charge in [-0.2, -0.15) is 0 Å². The van der Waals surface area contributed by atoms with E-state index < -0.39 is 0 Å². The van der Waals surface area contributed by atoms with Gasteiger partial charge in [0.15, 0.2) is 5.82 Å². The maximum atomic E-state index is 6.71. The Hall–Kier alpha value is -6.84. The summed E-state index contributed by atoms with van der Waals surface area (Å²) in [5, 5.41) is 6.99. The van der Waals surface area contributed by atoms with Gasteiger partial charge >= 0.3 is 0 Å². The summed E-state index contributed by atoms with van der Waals surface area (Å²) in [4.78, 5) is 10.5. The first-order valence-electron chi connectivity index (χ1n) is 17.2. The lowest BCUT2D eigenvalue weighted by Crippen LogP contribution is -1.97. The number of nitrogens with zero attached hydrogens (tertiary/aromatic N) is 2. The fraction of sp³-hybridized carbons (Fsp3) is 0. The smallest absolute Gasteiger partial charge is 0.161 e. The highest BCUT2D eigenvalue weighted by Crippen LogP contribution is 2.42. The van der Waals surface area contributed by atoms with Gasteiger partial charge in [0, 0.05) is 33.0 Å². The average molecular weight is 651 g/mol. The maximum absolute atomic E-state index is 6.71. The Morgan fingerprint density at radius 2 is 0.902 bits per heavy atom. The van der Waals surface area contributed by atoms with Gasteiger partial charge in [-0.25, -0.2) is 9.97 Å². The first-order valence-corrected chi connectivity index (χ1v) is 17.2. The lowest BCUT2D eigenvalue weighted by Gasteiger charge is -2.12. The van der Waals surface area contributed by atoms with Crippen molar-refractivity contribution < 1.29 is 4.42 Å². The summed E-state index contributed by atoms with van der Waals surface area (Å²) in [6.45, 7) is 0. The van der Waals surface area contributed by atoms with Crippen LogP contribution in [0.1, 0.15) is 0 Å². The van der Waals surface area contributed by atoms with E-state index in [1.165, 1.54) is 32.7 Å². The van der Waals surface area contributed by atoms with Gasteiger partial charge in [0.05, 0.1) is 11.4 Å². The van der Waals surface area contributed by atoms with Crippen molar-refractivity contribution in [3.8, 4) is 56.2 Å². The van der Waals surface area contributed by atoms with Gasteiger partial charge in [-0.3, -0.25) is 0 Å². The highest BCUT2D eigenvalue weighted by molar-refractivity contribution is 6.16. The third-order valence-corrected chi connectivity index (χ3v) is 9.91. The van der Waals surface area contributed by atoms with Gasteiger partial charge in [-0.1, -0.05) is 152 Å². The van der Waals surface area contributed by atoms with Crippen LogP contribution >= 0.6 is 0 Å². The van der Waals surface area contributed by atoms with Crippen LogP contribution in [0.2, 0.25) is 0 Å². The van der Waals surface area contributed by atoms with Crippen molar-refractivity contribution in [3.05, 3.63) is 182 Å². The fourth-order valence-electron chi connectivity index (χ4n) is 7.36. The molecule has 0 spiro atoms. The second kappa shape index (κ2) is 11.9. The van der Waals surface area contributed by atoms with E-state index in [0.29, 0.717) is 5.82 Å². The van der Waals surface area contributed by atoms with Crippen molar-refractivity contribution in [3.63, 3.8) is 0 Å². The minimum atomic E-state index is 0.659. The SMILES string of the molecule is c1ccc(-c2ccc(-c3cc(-c4ccccc4)nc(-c4ccc(-c5ccc6c(ccc7ccccc76)c5)c5oc6ccccc6c45)n3)cc2)cc1. The molecule has 51 heavy (non-hydrogen) atoms. The minimum absolute atomic E-state index is 0.659. The minimum Gasteiger partial charge on any atom is -0.455 e. The van der Waals surface area contributed by atoms with E-state index in [-0.39, 0.29) is 0 Å². The Kier molecular flexibility index (Phi) is 6.81. The van der Waals surface area contributed by atoms with E-state index in [2.05, 4.69) is 146 Å². The maximum Gasteiger partial charge on any atom is 0.161 e. The van der Waals surface area contributed by atoms with Crippen LogP contribution in [0.3, 0.4) is 0 Å². The van der Waals surface area contributed by atoms with E-state index in [4.69, 9.17) is 14.4 Å². The zero-order valence-corrected chi connectivity index (χ0v) is 27.6. The highest BCUT2D eigenvalue weighted by atomic mass is 16.3. The summed E-state index contributed by atoms with van der Waals surface area (Å²) < 4.78 is 6.71. The largest absolute Gasteiger partial charge is 0.455 e. The standard InChI is InChI=1S/C48H30N2O/c1-3-11-31(12-4-1)32-19-22-35(23-20-32)44-30-43(34-14-5-2-6-15-34)49-48(50-44)42-28-27-40(47-46(42)41-17-9-10-18-45(41)51-47)37-25-26-39-36(29-37)24-21-33-13-7-8-16-38(33)39/h1-30H. The van der Waals surface area contributed by atoms with Crippen LogP contribution in [0.5, 0.6) is 0 Å². The van der Waals surface area contributed by atoms with Crippen LogP contribution in [0, 0.1) is 0 Å². The molecule has 0 radical (unpaired) electrons. The van der Waals surface area contributed by atoms with Gasteiger partial charge in [-0.15, -0.1) is 0 Å². The number of hydrogen-bond acceptors (Lipinski definition) is 3. The molecular formula is C48H30N2O. The molecule has 2 heterocycles. The summed E-state index contributed by atoms with van der Waals surface area (Å²) in [5.41, 5.74) is 10.9. The second-order valence-corrected chi connectivity index (χ2v) is 13.0. The Labute approximate surface area is 295 Å². The molecule has 0 aliphatic heterocycles. The zero-order chi connectivity index (χ0) is 33.7. The van der Waals surface area contributed by atoms with Gasteiger partial charge in [-0.05, 0) is 68.6 Å². The molecule has 0 bridgehead atoms. The molecule has 3 nitrogen and oxygen atoms in total. The molecule has 0 N–H and O–H groups in total. The number of fused-ring (bicyclic) bond motifs is 6. The van der Waals surface area contributed by atoms with Gasteiger partial charge < -0.3 is 4.42 Å². The van der Waals surface area contributed by atoms with Crippen LogP contribution in [0.15, 0.2) is 186 Å². The van der Waals surface area contributed by atoms with Crippen molar-refractivity contribution in [1.29, 1.82) is 0 Å². The second-order valence-electron chi connectivity index (χ2n) is 13.0. The number of aromatic nitrogens is 2. The van der Waals surface area contributed by atoms with Crippen molar-refractivity contribution in [1.82, 2.24) is 9.97 Å². The van der Waals surface area contributed by atoms with Gasteiger partial charge in [0.1, 0.15) is 11.2 Å². The summed E-state index contributed by atoms with van der Waals surface area (Å²) in [6, 6.07) is 63.8. The molecular weight excluding hydrogens is 621 g/mol. The van der Waals surface area contributed by atoms with Crippen LogP contribution in [-0.2, 0) is 0 Å².